The van der Waals surface area contributed by atoms with E-state index in [4.69, 9.17) is 0 Å². The SMILES string of the molecule is CC1C(=O)NN=C1C(=O)NN=Cc1cccnc1. The van der Waals surface area contributed by atoms with Gasteiger partial charge in [-0.15, -0.1) is 0 Å². The Labute approximate surface area is 103 Å². The fourth-order valence-electron chi connectivity index (χ4n) is 1.36. The molecule has 1 aromatic heterocycles. The van der Waals surface area contributed by atoms with Crippen LogP contribution in [0.2, 0.25) is 0 Å². The Kier molecular flexibility index (Phi) is 3.42. The van der Waals surface area contributed by atoms with Gasteiger partial charge in [-0.3, -0.25) is 14.6 Å². The molecule has 18 heavy (non-hydrogen) atoms. The molecule has 1 aromatic rings. The summed E-state index contributed by atoms with van der Waals surface area (Å²) in [5.41, 5.74) is 5.42. The van der Waals surface area contributed by atoms with Gasteiger partial charge >= 0.3 is 0 Å². The van der Waals surface area contributed by atoms with Crippen LogP contribution < -0.4 is 10.9 Å². The fourth-order valence-corrected chi connectivity index (χ4v) is 1.36. The first-order chi connectivity index (χ1) is 8.68. The molecule has 1 atom stereocenters. The van der Waals surface area contributed by atoms with Crippen molar-refractivity contribution in [3.63, 3.8) is 0 Å². The average molecular weight is 245 g/mol. The monoisotopic (exact) mass is 245 g/mol. The standard InChI is InChI=1S/C11H11N5O2/c1-7-9(14-16-10(7)17)11(18)15-13-6-8-3-2-4-12-5-8/h2-7H,1H3,(H,15,18)(H,16,17). The number of carbonyl (C=O) groups excluding carboxylic acids is 2. The maximum atomic E-state index is 11.6. The van der Waals surface area contributed by atoms with Crippen LogP contribution >= 0.6 is 0 Å². The molecular weight excluding hydrogens is 234 g/mol. The summed E-state index contributed by atoms with van der Waals surface area (Å²) in [7, 11) is 0. The van der Waals surface area contributed by atoms with Crippen LogP contribution in [-0.4, -0.2) is 28.7 Å². The highest BCUT2D eigenvalue weighted by Gasteiger charge is 2.30. The van der Waals surface area contributed by atoms with E-state index in [1.54, 1.807) is 31.5 Å². The molecule has 0 aromatic carbocycles. The average Bonchev–Trinajstić information content (AvgIpc) is 2.71. The molecule has 0 aliphatic carbocycles. The van der Waals surface area contributed by atoms with Gasteiger partial charge in [0, 0.05) is 18.0 Å². The Bertz CT molecular complexity index is 523. The number of aromatic nitrogens is 1. The highest BCUT2D eigenvalue weighted by molar-refractivity contribution is 6.44. The minimum absolute atomic E-state index is 0.128. The summed E-state index contributed by atoms with van der Waals surface area (Å²) in [5, 5.41) is 7.40. The molecule has 0 saturated carbocycles. The molecule has 2 rings (SSSR count). The van der Waals surface area contributed by atoms with Gasteiger partial charge in [-0.25, -0.2) is 10.9 Å². The molecule has 1 unspecified atom stereocenters. The van der Waals surface area contributed by atoms with Gasteiger partial charge in [-0.1, -0.05) is 6.07 Å². The van der Waals surface area contributed by atoms with E-state index in [-0.39, 0.29) is 11.6 Å². The second-order valence-electron chi connectivity index (χ2n) is 3.68. The summed E-state index contributed by atoms with van der Waals surface area (Å²) in [6, 6.07) is 3.55. The molecule has 0 bridgehead atoms. The summed E-state index contributed by atoms with van der Waals surface area (Å²) in [4.78, 5) is 26.7. The zero-order chi connectivity index (χ0) is 13.0. The second-order valence-corrected chi connectivity index (χ2v) is 3.68. The van der Waals surface area contributed by atoms with Crippen LogP contribution in [-0.2, 0) is 9.59 Å². The third-order valence-corrected chi connectivity index (χ3v) is 2.39. The molecule has 0 fully saturated rings. The molecule has 7 nitrogen and oxygen atoms in total. The van der Waals surface area contributed by atoms with Gasteiger partial charge < -0.3 is 0 Å². The molecule has 0 spiro atoms. The van der Waals surface area contributed by atoms with Crippen molar-refractivity contribution in [3.05, 3.63) is 30.1 Å². The minimum atomic E-state index is -0.557. The second kappa shape index (κ2) is 5.17. The molecular formula is C11H11N5O2. The smallest absolute Gasteiger partial charge is 0.272 e. The van der Waals surface area contributed by atoms with Gasteiger partial charge in [0.25, 0.3) is 5.91 Å². The van der Waals surface area contributed by atoms with Gasteiger partial charge in [-0.05, 0) is 13.0 Å². The molecule has 2 heterocycles. The molecule has 0 saturated heterocycles. The highest BCUT2D eigenvalue weighted by atomic mass is 16.2. The summed E-state index contributed by atoms with van der Waals surface area (Å²) >= 11 is 0. The van der Waals surface area contributed by atoms with Crippen molar-refractivity contribution < 1.29 is 9.59 Å². The van der Waals surface area contributed by atoms with Crippen molar-refractivity contribution in [1.29, 1.82) is 0 Å². The quantitative estimate of drug-likeness (QED) is 0.563. The Morgan fingerprint density at radius 3 is 3.06 bits per heavy atom. The van der Waals surface area contributed by atoms with E-state index in [9.17, 15) is 9.59 Å². The van der Waals surface area contributed by atoms with Gasteiger partial charge in [0.2, 0.25) is 5.91 Å². The van der Waals surface area contributed by atoms with Crippen LogP contribution in [0.3, 0.4) is 0 Å². The summed E-state index contributed by atoms with van der Waals surface area (Å²) in [6.45, 7) is 1.60. The normalized spacial score (nSPS) is 18.6. The van der Waals surface area contributed by atoms with Crippen LogP contribution in [0.1, 0.15) is 12.5 Å². The molecule has 2 amide bonds. The maximum Gasteiger partial charge on any atom is 0.288 e. The van der Waals surface area contributed by atoms with E-state index in [1.807, 2.05) is 0 Å². The van der Waals surface area contributed by atoms with Crippen LogP contribution in [0.5, 0.6) is 0 Å². The topological polar surface area (TPSA) is 95.8 Å². The molecule has 1 aliphatic rings. The third-order valence-electron chi connectivity index (χ3n) is 2.39. The number of nitrogens with one attached hydrogen (secondary N) is 2. The first-order valence-electron chi connectivity index (χ1n) is 5.29. The Balaban J connectivity index is 1.93. The zero-order valence-corrected chi connectivity index (χ0v) is 9.62. The number of pyridine rings is 1. The first kappa shape index (κ1) is 11.9. The van der Waals surface area contributed by atoms with Crippen molar-refractivity contribution in [2.75, 3.05) is 0 Å². The lowest BCUT2D eigenvalue weighted by atomic mass is 10.1. The number of carbonyl (C=O) groups is 2. The largest absolute Gasteiger partial charge is 0.288 e. The predicted molar refractivity (Wildman–Crippen MR) is 64.7 cm³/mol. The van der Waals surface area contributed by atoms with Crippen molar-refractivity contribution in [3.8, 4) is 0 Å². The number of hydrogen-bond donors (Lipinski definition) is 2. The summed E-state index contributed by atoms with van der Waals surface area (Å²) in [6.07, 6.45) is 4.71. The Morgan fingerprint density at radius 1 is 1.61 bits per heavy atom. The van der Waals surface area contributed by atoms with Crippen molar-refractivity contribution in [2.45, 2.75) is 6.92 Å². The summed E-state index contributed by atoms with van der Waals surface area (Å²) < 4.78 is 0. The number of hydrazone groups is 2. The van der Waals surface area contributed by atoms with Crippen molar-refractivity contribution in [2.24, 2.45) is 16.1 Å². The van der Waals surface area contributed by atoms with Crippen molar-refractivity contribution in [1.82, 2.24) is 15.8 Å². The molecule has 0 radical (unpaired) electrons. The first-order valence-corrected chi connectivity index (χ1v) is 5.29. The third kappa shape index (κ3) is 2.57. The van der Waals surface area contributed by atoms with Gasteiger partial charge in [-0.2, -0.15) is 10.2 Å². The molecule has 1 aliphatic heterocycles. The van der Waals surface area contributed by atoms with E-state index >= 15 is 0 Å². The number of amides is 2. The summed E-state index contributed by atoms with van der Waals surface area (Å²) in [5.74, 6) is -1.35. The Morgan fingerprint density at radius 2 is 2.44 bits per heavy atom. The van der Waals surface area contributed by atoms with E-state index in [2.05, 4.69) is 26.0 Å². The van der Waals surface area contributed by atoms with Crippen LogP contribution in [0, 0.1) is 5.92 Å². The van der Waals surface area contributed by atoms with Gasteiger partial charge in [0.15, 0.2) is 0 Å². The molecule has 7 heteroatoms. The lowest BCUT2D eigenvalue weighted by Gasteiger charge is -2.01. The van der Waals surface area contributed by atoms with Gasteiger partial charge in [0.1, 0.15) is 5.71 Å². The van der Waals surface area contributed by atoms with E-state index in [0.717, 1.165) is 5.56 Å². The van der Waals surface area contributed by atoms with Crippen LogP contribution in [0.15, 0.2) is 34.7 Å². The molecule has 92 valence electrons. The number of nitrogens with zero attached hydrogens (tertiary/aromatic N) is 3. The number of rotatable bonds is 3. The van der Waals surface area contributed by atoms with E-state index in [0.29, 0.717) is 0 Å². The highest BCUT2D eigenvalue weighted by Crippen LogP contribution is 2.05. The predicted octanol–water partition coefficient (Wildman–Crippen LogP) is -0.346. The van der Waals surface area contributed by atoms with Crippen molar-refractivity contribution >= 4 is 23.7 Å². The number of hydrogen-bond acceptors (Lipinski definition) is 5. The minimum Gasteiger partial charge on any atom is -0.272 e. The maximum absolute atomic E-state index is 11.6. The van der Waals surface area contributed by atoms with Crippen LogP contribution in [0.4, 0.5) is 0 Å². The van der Waals surface area contributed by atoms with E-state index < -0.39 is 11.8 Å². The lowest BCUT2D eigenvalue weighted by Crippen LogP contribution is -2.32. The zero-order valence-electron chi connectivity index (χ0n) is 9.62. The molecule has 2 N–H and O–H groups in total. The fraction of sp³-hybridized carbons (Fsp3) is 0.182. The van der Waals surface area contributed by atoms with Crippen LogP contribution in [0.25, 0.3) is 0 Å². The van der Waals surface area contributed by atoms with Gasteiger partial charge in [0.05, 0.1) is 12.1 Å². The van der Waals surface area contributed by atoms with E-state index in [1.165, 1.54) is 6.21 Å². The lowest BCUT2D eigenvalue weighted by molar-refractivity contribution is -0.122. The Hall–Kier alpha value is -2.57.